The number of esters is 1. The average molecular weight is 405 g/mol. The monoisotopic (exact) mass is 404 g/mol. The number of rotatable bonds is 5. The minimum Gasteiger partial charge on any atom is -0.462 e. The quantitative estimate of drug-likeness (QED) is 0.728. The van der Waals surface area contributed by atoms with Crippen molar-refractivity contribution in [1.82, 2.24) is 5.32 Å². The molecule has 1 aromatic rings. The Morgan fingerprint density at radius 1 is 1.31 bits per heavy atom. The van der Waals surface area contributed by atoms with E-state index >= 15 is 0 Å². The SMILES string of the molecule is CCOC(=O)c1cc(NC(=O)[C@H]2CCN[C@@H](C)C2)cc(S(C)(=O)=O)c1.Cl. The smallest absolute Gasteiger partial charge is 0.338 e. The second kappa shape index (κ2) is 9.34. The Labute approximate surface area is 160 Å². The van der Waals surface area contributed by atoms with Gasteiger partial charge in [0.05, 0.1) is 17.1 Å². The van der Waals surface area contributed by atoms with Crippen molar-refractivity contribution in [2.45, 2.75) is 37.6 Å². The number of hydrogen-bond donors (Lipinski definition) is 2. The molecule has 0 aliphatic carbocycles. The van der Waals surface area contributed by atoms with Gasteiger partial charge < -0.3 is 15.4 Å². The molecule has 1 aliphatic heterocycles. The molecule has 146 valence electrons. The van der Waals surface area contributed by atoms with Crippen LogP contribution in [0.2, 0.25) is 0 Å². The van der Waals surface area contributed by atoms with Gasteiger partial charge >= 0.3 is 5.97 Å². The highest BCUT2D eigenvalue weighted by Crippen LogP contribution is 2.23. The predicted molar refractivity (Wildman–Crippen MR) is 102 cm³/mol. The number of carbonyl (C=O) groups is 2. The third-order valence-corrected chi connectivity index (χ3v) is 5.20. The highest BCUT2D eigenvalue weighted by atomic mass is 35.5. The predicted octanol–water partition coefficient (Wildman–Crippen LogP) is 2.02. The number of amides is 1. The number of anilines is 1. The molecular formula is C17H25ClN2O5S. The summed E-state index contributed by atoms with van der Waals surface area (Å²) in [5.74, 6) is -0.947. The molecule has 1 fully saturated rings. The Morgan fingerprint density at radius 3 is 2.58 bits per heavy atom. The molecule has 0 aromatic heterocycles. The first-order valence-corrected chi connectivity index (χ1v) is 10.2. The number of benzene rings is 1. The molecular weight excluding hydrogens is 380 g/mol. The maximum atomic E-state index is 12.5. The van der Waals surface area contributed by atoms with E-state index in [0.29, 0.717) is 12.8 Å². The largest absolute Gasteiger partial charge is 0.462 e. The first-order valence-electron chi connectivity index (χ1n) is 8.27. The zero-order valence-corrected chi connectivity index (χ0v) is 16.7. The van der Waals surface area contributed by atoms with Crippen LogP contribution >= 0.6 is 12.4 Å². The van der Waals surface area contributed by atoms with E-state index in [1.54, 1.807) is 6.92 Å². The summed E-state index contributed by atoms with van der Waals surface area (Å²) in [7, 11) is -3.53. The molecule has 2 N–H and O–H groups in total. The Morgan fingerprint density at radius 2 is 2.00 bits per heavy atom. The normalized spacial score (nSPS) is 20.0. The summed E-state index contributed by atoms with van der Waals surface area (Å²) < 4.78 is 28.7. The van der Waals surface area contributed by atoms with Crippen LogP contribution in [0.1, 0.15) is 37.0 Å². The fourth-order valence-electron chi connectivity index (χ4n) is 2.83. The minimum atomic E-state index is -3.53. The summed E-state index contributed by atoms with van der Waals surface area (Å²) >= 11 is 0. The number of ether oxygens (including phenoxy) is 1. The van der Waals surface area contributed by atoms with Crippen LogP contribution in [0.5, 0.6) is 0 Å². The number of hydrogen-bond acceptors (Lipinski definition) is 6. The maximum absolute atomic E-state index is 12.5. The molecule has 1 saturated heterocycles. The second-order valence-corrected chi connectivity index (χ2v) is 8.32. The van der Waals surface area contributed by atoms with Gasteiger partial charge in [-0.2, -0.15) is 0 Å². The standard InChI is InChI=1S/C17H24N2O5S.ClH/c1-4-24-17(21)13-8-14(10-15(9-13)25(3,22)23)19-16(20)12-5-6-18-11(2)7-12;/h8-12,18H,4-7H2,1-3H3,(H,19,20);1H/t11-,12-;/m0./s1. The van der Waals surface area contributed by atoms with Crippen LogP contribution in [0, 0.1) is 5.92 Å². The van der Waals surface area contributed by atoms with E-state index in [2.05, 4.69) is 10.6 Å². The molecule has 0 radical (unpaired) electrons. The fraction of sp³-hybridized carbons (Fsp3) is 0.529. The zero-order chi connectivity index (χ0) is 18.6. The molecule has 2 atom stereocenters. The van der Waals surface area contributed by atoms with Gasteiger partial charge in [-0.25, -0.2) is 13.2 Å². The first-order chi connectivity index (χ1) is 11.7. The van der Waals surface area contributed by atoms with Gasteiger partial charge in [0.1, 0.15) is 0 Å². The third-order valence-electron chi connectivity index (χ3n) is 4.11. The van der Waals surface area contributed by atoms with Crippen molar-refractivity contribution in [3.8, 4) is 0 Å². The summed E-state index contributed by atoms with van der Waals surface area (Å²) in [6.45, 7) is 4.62. The number of halogens is 1. The number of piperidine rings is 1. The minimum absolute atomic E-state index is 0. The average Bonchev–Trinajstić information content (AvgIpc) is 2.54. The van der Waals surface area contributed by atoms with Crippen LogP contribution in [0.25, 0.3) is 0 Å². The van der Waals surface area contributed by atoms with Gasteiger partial charge in [0.15, 0.2) is 9.84 Å². The van der Waals surface area contributed by atoms with Crippen molar-refractivity contribution in [3.05, 3.63) is 23.8 Å². The molecule has 1 heterocycles. The maximum Gasteiger partial charge on any atom is 0.338 e. The Hall–Kier alpha value is -1.64. The molecule has 2 rings (SSSR count). The topological polar surface area (TPSA) is 102 Å². The molecule has 0 bridgehead atoms. The zero-order valence-electron chi connectivity index (χ0n) is 15.1. The third kappa shape index (κ3) is 5.96. The van der Waals surface area contributed by atoms with Crippen molar-refractivity contribution in [1.29, 1.82) is 0 Å². The molecule has 9 heteroatoms. The summed E-state index contributed by atoms with van der Waals surface area (Å²) in [5, 5.41) is 6.02. The lowest BCUT2D eigenvalue weighted by Gasteiger charge is -2.27. The van der Waals surface area contributed by atoms with E-state index < -0.39 is 15.8 Å². The van der Waals surface area contributed by atoms with Crippen molar-refractivity contribution < 1.29 is 22.7 Å². The van der Waals surface area contributed by atoms with Gasteiger partial charge in [-0.1, -0.05) is 0 Å². The van der Waals surface area contributed by atoms with Crippen molar-refractivity contribution >= 4 is 39.8 Å². The lowest BCUT2D eigenvalue weighted by atomic mass is 9.92. The molecule has 26 heavy (non-hydrogen) atoms. The van der Waals surface area contributed by atoms with E-state index in [0.717, 1.165) is 12.8 Å². The summed E-state index contributed by atoms with van der Waals surface area (Å²) in [6, 6.07) is 4.31. The van der Waals surface area contributed by atoms with Gasteiger partial charge in [0.2, 0.25) is 5.91 Å². The molecule has 1 aromatic carbocycles. The highest BCUT2D eigenvalue weighted by molar-refractivity contribution is 7.90. The lowest BCUT2D eigenvalue weighted by Crippen LogP contribution is -2.40. The molecule has 0 unspecified atom stereocenters. The molecule has 1 amide bonds. The summed E-state index contributed by atoms with van der Waals surface area (Å²) in [6.07, 6.45) is 2.48. The first kappa shape index (κ1) is 22.4. The summed E-state index contributed by atoms with van der Waals surface area (Å²) in [4.78, 5) is 24.4. The van der Waals surface area contributed by atoms with Gasteiger partial charge in [-0.05, 0) is 51.4 Å². The fourth-order valence-corrected chi connectivity index (χ4v) is 3.51. The Kier molecular flexibility index (Phi) is 8.05. The lowest BCUT2D eigenvalue weighted by molar-refractivity contribution is -0.120. The van der Waals surface area contributed by atoms with Crippen LogP contribution in [0.4, 0.5) is 5.69 Å². The molecule has 7 nitrogen and oxygen atoms in total. The van der Waals surface area contributed by atoms with Crippen molar-refractivity contribution in [2.24, 2.45) is 5.92 Å². The number of carbonyl (C=O) groups excluding carboxylic acids is 2. The number of sulfone groups is 1. The van der Waals surface area contributed by atoms with E-state index in [1.807, 2.05) is 6.92 Å². The van der Waals surface area contributed by atoms with Crippen LogP contribution in [0.15, 0.2) is 23.1 Å². The van der Waals surface area contributed by atoms with Gasteiger partial charge in [-0.3, -0.25) is 4.79 Å². The van der Waals surface area contributed by atoms with Gasteiger partial charge in [-0.15, -0.1) is 12.4 Å². The van der Waals surface area contributed by atoms with Crippen LogP contribution in [-0.2, 0) is 19.4 Å². The Bertz CT molecular complexity index is 766. The van der Waals surface area contributed by atoms with Gasteiger partial charge in [0.25, 0.3) is 0 Å². The second-order valence-electron chi connectivity index (χ2n) is 6.30. The Balaban J connectivity index is 0.00000338. The van der Waals surface area contributed by atoms with Crippen LogP contribution in [-0.4, -0.2) is 45.7 Å². The number of nitrogens with one attached hydrogen (secondary N) is 2. The van der Waals surface area contributed by atoms with E-state index in [9.17, 15) is 18.0 Å². The van der Waals surface area contributed by atoms with Crippen LogP contribution in [0.3, 0.4) is 0 Å². The summed E-state index contributed by atoms with van der Waals surface area (Å²) in [5.41, 5.74) is 0.376. The van der Waals surface area contributed by atoms with Crippen molar-refractivity contribution in [2.75, 3.05) is 24.7 Å². The van der Waals surface area contributed by atoms with Crippen molar-refractivity contribution in [3.63, 3.8) is 0 Å². The molecule has 0 spiro atoms. The van der Waals surface area contributed by atoms with Crippen LogP contribution < -0.4 is 10.6 Å². The molecule has 0 saturated carbocycles. The van der Waals surface area contributed by atoms with E-state index in [-0.39, 0.29) is 53.0 Å². The van der Waals surface area contributed by atoms with E-state index in [1.165, 1.54) is 18.2 Å². The van der Waals surface area contributed by atoms with E-state index in [4.69, 9.17) is 4.74 Å². The highest BCUT2D eigenvalue weighted by Gasteiger charge is 2.25. The molecule has 1 aliphatic rings. The van der Waals surface area contributed by atoms with Gasteiger partial charge in [0, 0.05) is 23.9 Å².